The van der Waals surface area contributed by atoms with Crippen LogP contribution in [-0.4, -0.2) is 27.8 Å². The van der Waals surface area contributed by atoms with E-state index >= 15 is 0 Å². The summed E-state index contributed by atoms with van der Waals surface area (Å²) in [6, 6.07) is 7.86. The van der Waals surface area contributed by atoms with Crippen molar-refractivity contribution in [2.45, 2.75) is 13.0 Å². The first kappa shape index (κ1) is 15.5. The third kappa shape index (κ3) is 4.31. The molecule has 0 aliphatic rings. The summed E-state index contributed by atoms with van der Waals surface area (Å²) < 4.78 is 31.1. The molecule has 1 aromatic heterocycles. The molecule has 0 aliphatic heterocycles. The normalized spacial score (nSPS) is 13.8. The Morgan fingerprint density at radius 2 is 2.05 bits per heavy atom. The Kier molecular flexibility index (Phi) is 4.85. The second-order valence-corrected chi connectivity index (χ2v) is 7.42. The summed E-state index contributed by atoms with van der Waals surface area (Å²) in [6.07, 6.45) is 1.15. The van der Waals surface area contributed by atoms with Gasteiger partial charge in [-0.2, -0.15) is 0 Å². The van der Waals surface area contributed by atoms with Crippen molar-refractivity contribution >= 4 is 36.9 Å². The number of nitrogens with one attached hydrogen (secondary N) is 2. The van der Waals surface area contributed by atoms with E-state index in [9.17, 15) is 8.42 Å². The molecule has 2 N–H and O–H groups in total. The molecular weight excluding hydrogens is 344 g/mol. The minimum atomic E-state index is -3.13. The van der Waals surface area contributed by atoms with Crippen LogP contribution in [0.3, 0.4) is 0 Å². The summed E-state index contributed by atoms with van der Waals surface area (Å²) in [7, 11) is -3.13. The molecule has 1 atom stereocenters. The monoisotopic (exact) mass is 360 g/mol. The molecule has 0 saturated heterocycles. The average molecular weight is 361 g/mol. The van der Waals surface area contributed by atoms with Crippen LogP contribution in [0.15, 0.2) is 33.2 Å². The quantitative estimate of drug-likeness (QED) is 0.775. The van der Waals surface area contributed by atoms with Gasteiger partial charge in [0.25, 0.3) is 0 Å². The largest absolute Gasteiger partial charge is 0.459 e. The number of sulfonamides is 1. The number of hydrogen-bond acceptors (Lipinski definition) is 4. The van der Waals surface area contributed by atoms with E-state index in [2.05, 4.69) is 26.0 Å². The molecule has 0 bridgehead atoms. The third-order valence-electron chi connectivity index (χ3n) is 2.86. The zero-order chi connectivity index (χ0) is 14.8. The summed E-state index contributed by atoms with van der Waals surface area (Å²) in [4.78, 5) is 0. The second-order valence-electron chi connectivity index (χ2n) is 4.67. The number of fused-ring (bicyclic) bond motifs is 1. The van der Waals surface area contributed by atoms with Gasteiger partial charge >= 0.3 is 0 Å². The van der Waals surface area contributed by atoms with E-state index in [0.717, 1.165) is 27.5 Å². The minimum Gasteiger partial charge on any atom is -0.459 e. The maximum absolute atomic E-state index is 10.9. The number of benzene rings is 1. The molecule has 2 aromatic rings. The summed E-state index contributed by atoms with van der Waals surface area (Å²) in [6.45, 7) is 2.87. The van der Waals surface area contributed by atoms with Gasteiger partial charge in [-0.1, -0.05) is 15.9 Å². The highest BCUT2D eigenvalue weighted by Crippen LogP contribution is 2.26. The fourth-order valence-electron chi connectivity index (χ4n) is 1.87. The fourth-order valence-corrected chi connectivity index (χ4v) is 2.73. The van der Waals surface area contributed by atoms with Crippen molar-refractivity contribution in [1.29, 1.82) is 0 Å². The molecule has 0 spiro atoms. The van der Waals surface area contributed by atoms with Crippen molar-refractivity contribution in [2.24, 2.45) is 0 Å². The lowest BCUT2D eigenvalue weighted by molar-refractivity contribution is 0.453. The van der Waals surface area contributed by atoms with Gasteiger partial charge in [-0.05, 0) is 31.2 Å². The van der Waals surface area contributed by atoms with Crippen molar-refractivity contribution < 1.29 is 12.8 Å². The smallest absolute Gasteiger partial charge is 0.208 e. The van der Waals surface area contributed by atoms with E-state index in [4.69, 9.17) is 4.42 Å². The van der Waals surface area contributed by atoms with Crippen LogP contribution in [0.2, 0.25) is 0 Å². The predicted molar refractivity (Wildman–Crippen MR) is 83.2 cm³/mol. The lowest BCUT2D eigenvalue weighted by Gasteiger charge is -2.11. The predicted octanol–water partition coefficient (Wildman–Crippen LogP) is 2.40. The van der Waals surface area contributed by atoms with Crippen molar-refractivity contribution in [2.75, 3.05) is 19.3 Å². The highest BCUT2D eigenvalue weighted by atomic mass is 79.9. The van der Waals surface area contributed by atoms with E-state index in [1.165, 1.54) is 0 Å². The van der Waals surface area contributed by atoms with Crippen LogP contribution >= 0.6 is 15.9 Å². The molecule has 7 heteroatoms. The highest BCUT2D eigenvalue weighted by molar-refractivity contribution is 9.10. The van der Waals surface area contributed by atoms with Gasteiger partial charge in [-0.15, -0.1) is 0 Å². The second kappa shape index (κ2) is 6.26. The first-order chi connectivity index (χ1) is 9.35. The van der Waals surface area contributed by atoms with Gasteiger partial charge in [-0.3, -0.25) is 0 Å². The van der Waals surface area contributed by atoms with E-state index in [1.807, 2.05) is 31.2 Å². The lowest BCUT2D eigenvalue weighted by Crippen LogP contribution is -2.32. The summed E-state index contributed by atoms with van der Waals surface area (Å²) >= 11 is 3.43. The number of halogens is 1. The Hall–Kier alpha value is -0.890. The average Bonchev–Trinajstić information content (AvgIpc) is 2.76. The van der Waals surface area contributed by atoms with Gasteiger partial charge in [0.2, 0.25) is 10.0 Å². The van der Waals surface area contributed by atoms with E-state index in [0.29, 0.717) is 13.1 Å². The summed E-state index contributed by atoms with van der Waals surface area (Å²) in [5.74, 6) is 0.831. The summed E-state index contributed by atoms with van der Waals surface area (Å²) in [5, 5.41) is 4.25. The minimum absolute atomic E-state index is 0.0162. The lowest BCUT2D eigenvalue weighted by atomic mass is 10.2. The SMILES string of the molecule is CC(NCCNS(C)(=O)=O)c1cc2cc(Br)ccc2o1. The zero-order valence-corrected chi connectivity index (χ0v) is 13.7. The third-order valence-corrected chi connectivity index (χ3v) is 4.09. The van der Waals surface area contributed by atoms with Gasteiger partial charge in [0, 0.05) is 22.9 Å². The molecule has 0 radical (unpaired) electrons. The van der Waals surface area contributed by atoms with Crippen LogP contribution in [0.1, 0.15) is 18.7 Å². The number of hydrogen-bond donors (Lipinski definition) is 2. The van der Waals surface area contributed by atoms with Crippen LogP contribution in [0, 0.1) is 0 Å². The maximum Gasteiger partial charge on any atom is 0.208 e. The van der Waals surface area contributed by atoms with Crippen molar-refractivity contribution in [3.8, 4) is 0 Å². The molecule has 1 aromatic carbocycles. The van der Waals surface area contributed by atoms with E-state index in [-0.39, 0.29) is 6.04 Å². The van der Waals surface area contributed by atoms with Crippen molar-refractivity contribution in [3.05, 3.63) is 34.5 Å². The fraction of sp³-hybridized carbons (Fsp3) is 0.385. The van der Waals surface area contributed by atoms with Crippen LogP contribution in [0.4, 0.5) is 0 Å². The topological polar surface area (TPSA) is 71.3 Å². The first-order valence-corrected chi connectivity index (χ1v) is 8.90. The molecule has 110 valence electrons. The maximum atomic E-state index is 10.9. The molecule has 1 unspecified atom stereocenters. The van der Waals surface area contributed by atoms with Gasteiger partial charge in [-0.25, -0.2) is 13.1 Å². The first-order valence-electron chi connectivity index (χ1n) is 6.22. The Labute approximate surface area is 126 Å². The Morgan fingerprint density at radius 3 is 2.75 bits per heavy atom. The van der Waals surface area contributed by atoms with Crippen LogP contribution in [0.5, 0.6) is 0 Å². The van der Waals surface area contributed by atoms with Gasteiger partial charge in [0.1, 0.15) is 11.3 Å². The van der Waals surface area contributed by atoms with Crippen LogP contribution < -0.4 is 10.0 Å². The standard InChI is InChI=1S/C13H17BrN2O3S/c1-9(15-5-6-16-20(2,17)18)13-8-10-7-11(14)3-4-12(10)19-13/h3-4,7-9,15-16H,5-6H2,1-2H3. The summed E-state index contributed by atoms with van der Waals surface area (Å²) in [5.41, 5.74) is 0.839. The van der Waals surface area contributed by atoms with Gasteiger partial charge in [0.15, 0.2) is 0 Å². The molecule has 20 heavy (non-hydrogen) atoms. The van der Waals surface area contributed by atoms with E-state index < -0.39 is 10.0 Å². The van der Waals surface area contributed by atoms with Crippen LogP contribution in [-0.2, 0) is 10.0 Å². The van der Waals surface area contributed by atoms with E-state index in [1.54, 1.807) is 0 Å². The number of furan rings is 1. The molecule has 0 amide bonds. The molecule has 0 saturated carbocycles. The zero-order valence-electron chi connectivity index (χ0n) is 11.3. The molecule has 0 aliphatic carbocycles. The molecule has 5 nitrogen and oxygen atoms in total. The Bertz CT molecular complexity index is 697. The van der Waals surface area contributed by atoms with Crippen LogP contribution in [0.25, 0.3) is 11.0 Å². The van der Waals surface area contributed by atoms with Gasteiger partial charge in [0.05, 0.1) is 12.3 Å². The Balaban J connectivity index is 1.95. The molecular formula is C13H17BrN2O3S. The molecule has 2 rings (SSSR count). The number of rotatable bonds is 6. The Morgan fingerprint density at radius 1 is 1.30 bits per heavy atom. The van der Waals surface area contributed by atoms with Crippen molar-refractivity contribution in [3.63, 3.8) is 0 Å². The van der Waals surface area contributed by atoms with Crippen molar-refractivity contribution in [1.82, 2.24) is 10.0 Å². The molecule has 0 fully saturated rings. The molecule has 1 heterocycles. The highest BCUT2D eigenvalue weighted by Gasteiger charge is 2.11. The van der Waals surface area contributed by atoms with Gasteiger partial charge < -0.3 is 9.73 Å².